The number of nitrogens with zero attached hydrogens (tertiary/aromatic N) is 6. The Morgan fingerprint density at radius 3 is 2.12 bits per heavy atom. The smallest absolute Gasteiger partial charge is 0.271 e. The Morgan fingerprint density at radius 1 is 0.938 bits per heavy atom. The standard InChI is InChI=1S/C23H26N6O3/c1-23(2,3)18-6-4-17(5-7-18)22(30)27-12-10-26(11-13-27)20-9-8-19(29(31)32)14-21(20)28-15-24-25-16-28/h4-9,14-16H,10-13H2,1-3H3. The third-order valence-corrected chi connectivity index (χ3v) is 5.77. The molecular formula is C23H26N6O3. The molecule has 4 rings (SSSR count). The van der Waals surface area contributed by atoms with Crippen molar-refractivity contribution in [1.29, 1.82) is 0 Å². The molecule has 0 aliphatic carbocycles. The zero-order valence-corrected chi connectivity index (χ0v) is 18.4. The summed E-state index contributed by atoms with van der Waals surface area (Å²) >= 11 is 0. The maximum Gasteiger partial charge on any atom is 0.271 e. The second-order valence-electron chi connectivity index (χ2n) is 8.91. The first-order valence-corrected chi connectivity index (χ1v) is 10.5. The molecule has 2 aromatic carbocycles. The molecule has 0 saturated carbocycles. The molecule has 0 N–H and O–H groups in total. The van der Waals surface area contributed by atoms with E-state index in [1.54, 1.807) is 10.6 Å². The largest absolute Gasteiger partial charge is 0.366 e. The van der Waals surface area contributed by atoms with Crippen molar-refractivity contribution in [2.75, 3.05) is 31.1 Å². The molecule has 2 heterocycles. The highest BCUT2D eigenvalue weighted by atomic mass is 16.6. The number of nitro groups is 1. The summed E-state index contributed by atoms with van der Waals surface area (Å²) in [6, 6.07) is 12.6. The van der Waals surface area contributed by atoms with E-state index >= 15 is 0 Å². The van der Waals surface area contributed by atoms with Crippen LogP contribution in [0.15, 0.2) is 55.1 Å². The van der Waals surface area contributed by atoms with Crippen LogP contribution in [0.25, 0.3) is 5.69 Å². The lowest BCUT2D eigenvalue weighted by atomic mass is 9.86. The predicted molar refractivity (Wildman–Crippen MR) is 121 cm³/mol. The average Bonchev–Trinajstić information content (AvgIpc) is 3.33. The van der Waals surface area contributed by atoms with E-state index in [0.29, 0.717) is 37.4 Å². The monoisotopic (exact) mass is 434 g/mol. The minimum Gasteiger partial charge on any atom is -0.366 e. The van der Waals surface area contributed by atoms with Gasteiger partial charge in [0.2, 0.25) is 0 Å². The molecule has 1 fully saturated rings. The summed E-state index contributed by atoms with van der Waals surface area (Å²) in [5.41, 5.74) is 3.41. The van der Waals surface area contributed by atoms with Crippen molar-refractivity contribution in [2.24, 2.45) is 0 Å². The van der Waals surface area contributed by atoms with E-state index in [2.05, 4.69) is 35.9 Å². The summed E-state index contributed by atoms with van der Waals surface area (Å²) in [6.07, 6.45) is 3.03. The van der Waals surface area contributed by atoms with Crippen molar-refractivity contribution in [3.63, 3.8) is 0 Å². The summed E-state index contributed by atoms with van der Waals surface area (Å²) in [7, 11) is 0. The van der Waals surface area contributed by atoms with Gasteiger partial charge >= 0.3 is 0 Å². The number of non-ortho nitro benzene ring substituents is 1. The van der Waals surface area contributed by atoms with Gasteiger partial charge in [-0.1, -0.05) is 32.9 Å². The van der Waals surface area contributed by atoms with Crippen molar-refractivity contribution in [3.05, 3.63) is 76.4 Å². The lowest BCUT2D eigenvalue weighted by molar-refractivity contribution is -0.384. The van der Waals surface area contributed by atoms with Crippen LogP contribution in [0.3, 0.4) is 0 Å². The van der Waals surface area contributed by atoms with Crippen molar-refractivity contribution < 1.29 is 9.72 Å². The van der Waals surface area contributed by atoms with Gasteiger partial charge in [-0.25, -0.2) is 0 Å². The third kappa shape index (κ3) is 4.32. The Hall–Kier alpha value is -3.75. The number of hydrogen-bond acceptors (Lipinski definition) is 6. The van der Waals surface area contributed by atoms with Crippen molar-refractivity contribution in [1.82, 2.24) is 19.7 Å². The second-order valence-corrected chi connectivity index (χ2v) is 8.91. The van der Waals surface area contributed by atoms with E-state index in [1.165, 1.54) is 30.4 Å². The normalized spacial score (nSPS) is 14.5. The first-order valence-electron chi connectivity index (χ1n) is 10.5. The third-order valence-electron chi connectivity index (χ3n) is 5.77. The molecule has 1 amide bonds. The van der Waals surface area contributed by atoms with Crippen LogP contribution in [0.5, 0.6) is 0 Å². The van der Waals surface area contributed by atoms with Gasteiger partial charge in [0, 0.05) is 43.9 Å². The number of aromatic nitrogens is 3. The van der Waals surface area contributed by atoms with Gasteiger partial charge in [0.1, 0.15) is 12.7 Å². The van der Waals surface area contributed by atoms with E-state index in [4.69, 9.17) is 0 Å². The predicted octanol–water partition coefficient (Wildman–Crippen LogP) is 3.44. The molecule has 0 bridgehead atoms. The van der Waals surface area contributed by atoms with E-state index in [-0.39, 0.29) is 17.0 Å². The van der Waals surface area contributed by atoms with E-state index in [1.807, 2.05) is 29.2 Å². The lowest BCUT2D eigenvalue weighted by Gasteiger charge is -2.37. The highest BCUT2D eigenvalue weighted by Crippen LogP contribution is 2.30. The van der Waals surface area contributed by atoms with Crippen molar-refractivity contribution >= 4 is 17.3 Å². The van der Waals surface area contributed by atoms with Gasteiger partial charge in [-0.15, -0.1) is 10.2 Å². The van der Waals surface area contributed by atoms with Gasteiger partial charge in [-0.3, -0.25) is 19.5 Å². The molecule has 9 heteroatoms. The minimum atomic E-state index is -0.417. The van der Waals surface area contributed by atoms with Gasteiger partial charge in [0.25, 0.3) is 11.6 Å². The summed E-state index contributed by atoms with van der Waals surface area (Å²) in [5.74, 6) is 0.0211. The van der Waals surface area contributed by atoms with Gasteiger partial charge < -0.3 is 9.80 Å². The highest BCUT2D eigenvalue weighted by Gasteiger charge is 2.25. The maximum absolute atomic E-state index is 13.0. The van der Waals surface area contributed by atoms with Crippen LogP contribution in [0, 0.1) is 10.1 Å². The first kappa shape index (κ1) is 21.5. The molecule has 9 nitrogen and oxygen atoms in total. The molecule has 1 aromatic heterocycles. The topological polar surface area (TPSA) is 97.4 Å². The first-order chi connectivity index (χ1) is 15.2. The summed E-state index contributed by atoms with van der Waals surface area (Å²) in [5, 5.41) is 18.9. The Labute approximate surface area is 186 Å². The van der Waals surface area contributed by atoms with Gasteiger partial charge in [-0.2, -0.15) is 0 Å². The Bertz CT molecular complexity index is 1110. The second kappa shape index (κ2) is 8.41. The summed E-state index contributed by atoms with van der Waals surface area (Å²) < 4.78 is 1.66. The SMILES string of the molecule is CC(C)(C)c1ccc(C(=O)N2CCN(c3ccc([N+](=O)[O-])cc3-n3cnnc3)CC2)cc1. The number of carbonyl (C=O) groups excluding carboxylic acids is 1. The molecule has 1 saturated heterocycles. The van der Waals surface area contributed by atoms with Gasteiger partial charge in [0.05, 0.1) is 16.3 Å². The zero-order valence-electron chi connectivity index (χ0n) is 18.4. The molecule has 3 aromatic rings. The molecule has 0 atom stereocenters. The molecular weight excluding hydrogens is 408 g/mol. The Morgan fingerprint density at radius 2 is 1.56 bits per heavy atom. The van der Waals surface area contributed by atoms with E-state index < -0.39 is 4.92 Å². The van der Waals surface area contributed by atoms with Crippen molar-refractivity contribution in [3.8, 4) is 5.69 Å². The van der Waals surface area contributed by atoms with Crippen LogP contribution in [-0.2, 0) is 5.41 Å². The summed E-state index contributed by atoms with van der Waals surface area (Å²) in [4.78, 5) is 27.8. The van der Waals surface area contributed by atoms with Crippen LogP contribution < -0.4 is 4.90 Å². The van der Waals surface area contributed by atoms with Crippen molar-refractivity contribution in [2.45, 2.75) is 26.2 Å². The molecule has 166 valence electrons. The number of anilines is 1. The minimum absolute atomic E-state index is 0.00460. The maximum atomic E-state index is 13.0. The summed E-state index contributed by atoms with van der Waals surface area (Å²) in [6.45, 7) is 8.83. The van der Waals surface area contributed by atoms with Crippen LogP contribution >= 0.6 is 0 Å². The quantitative estimate of drug-likeness (QED) is 0.461. The van der Waals surface area contributed by atoms with Crippen LogP contribution in [0.2, 0.25) is 0 Å². The number of piperazine rings is 1. The van der Waals surface area contributed by atoms with E-state index in [0.717, 1.165) is 5.69 Å². The zero-order chi connectivity index (χ0) is 22.9. The number of rotatable bonds is 4. The molecule has 1 aliphatic heterocycles. The molecule has 1 aliphatic rings. The molecule has 0 unspecified atom stereocenters. The molecule has 0 spiro atoms. The fraction of sp³-hybridized carbons (Fsp3) is 0.348. The Balaban J connectivity index is 1.49. The number of nitro benzene ring substituents is 1. The number of hydrogen-bond donors (Lipinski definition) is 0. The molecule has 0 radical (unpaired) electrons. The average molecular weight is 435 g/mol. The number of amides is 1. The molecule has 32 heavy (non-hydrogen) atoms. The highest BCUT2D eigenvalue weighted by molar-refractivity contribution is 5.94. The van der Waals surface area contributed by atoms with Crippen LogP contribution in [-0.4, -0.2) is 56.7 Å². The number of carbonyl (C=O) groups is 1. The van der Waals surface area contributed by atoms with Crippen LogP contribution in [0.1, 0.15) is 36.7 Å². The fourth-order valence-electron chi connectivity index (χ4n) is 3.87. The van der Waals surface area contributed by atoms with E-state index in [9.17, 15) is 14.9 Å². The van der Waals surface area contributed by atoms with Crippen LogP contribution in [0.4, 0.5) is 11.4 Å². The number of benzene rings is 2. The van der Waals surface area contributed by atoms with Gasteiger partial charge in [0.15, 0.2) is 0 Å². The van der Waals surface area contributed by atoms with Gasteiger partial charge in [-0.05, 0) is 29.2 Å². The fourth-order valence-corrected chi connectivity index (χ4v) is 3.87. The Kier molecular flexibility index (Phi) is 5.65. The lowest BCUT2D eigenvalue weighted by Crippen LogP contribution is -2.49.